The van der Waals surface area contributed by atoms with Crippen LogP contribution in [0, 0.1) is 5.92 Å². The van der Waals surface area contributed by atoms with Crippen molar-refractivity contribution in [2.24, 2.45) is 5.92 Å². The second kappa shape index (κ2) is 8.55. The second-order valence-corrected chi connectivity index (χ2v) is 7.73. The van der Waals surface area contributed by atoms with Crippen molar-refractivity contribution >= 4 is 17.8 Å². The molecule has 0 bridgehead atoms. The van der Waals surface area contributed by atoms with Crippen LogP contribution in [0.3, 0.4) is 0 Å². The summed E-state index contributed by atoms with van der Waals surface area (Å²) in [6.07, 6.45) is 6.41. The van der Waals surface area contributed by atoms with Gasteiger partial charge >= 0.3 is 6.03 Å². The van der Waals surface area contributed by atoms with E-state index in [0.717, 1.165) is 43.4 Å². The van der Waals surface area contributed by atoms with Gasteiger partial charge in [0.2, 0.25) is 5.91 Å². The first-order valence-electron chi connectivity index (χ1n) is 9.97. The Labute approximate surface area is 160 Å². The molecule has 1 saturated carbocycles. The van der Waals surface area contributed by atoms with Gasteiger partial charge in [0, 0.05) is 6.54 Å². The Hall–Kier alpha value is -2.37. The van der Waals surface area contributed by atoms with Gasteiger partial charge in [-0.2, -0.15) is 0 Å². The topological polar surface area (TPSA) is 78.5 Å². The summed E-state index contributed by atoms with van der Waals surface area (Å²) in [6.45, 7) is 2.36. The largest absolute Gasteiger partial charge is 0.355 e. The van der Waals surface area contributed by atoms with Crippen molar-refractivity contribution in [3.05, 3.63) is 35.9 Å². The van der Waals surface area contributed by atoms with Crippen molar-refractivity contribution in [2.45, 2.75) is 57.4 Å². The number of urea groups is 1. The average Bonchev–Trinajstić information content (AvgIpc) is 2.90. The lowest BCUT2D eigenvalue weighted by molar-refractivity contribution is -0.137. The number of rotatable bonds is 7. The molecule has 1 saturated heterocycles. The van der Waals surface area contributed by atoms with Gasteiger partial charge in [0.1, 0.15) is 12.1 Å². The van der Waals surface area contributed by atoms with Gasteiger partial charge in [0.05, 0.1) is 0 Å². The molecule has 1 spiro atoms. The molecule has 1 heterocycles. The molecule has 3 rings (SSSR count). The molecule has 1 aromatic rings. The number of hydrogen-bond acceptors (Lipinski definition) is 3. The number of hydrogen-bond donors (Lipinski definition) is 2. The van der Waals surface area contributed by atoms with Crippen LogP contribution in [0.15, 0.2) is 30.3 Å². The number of imide groups is 1. The number of nitrogens with zero attached hydrogens (tertiary/aromatic N) is 1. The number of nitrogens with one attached hydrogen (secondary N) is 2. The number of benzene rings is 1. The minimum atomic E-state index is -0.800. The van der Waals surface area contributed by atoms with Gasteiger partial charge in [-0.15, -0.1) is 0 Å². The van der Waals surface area contributed by atoms with Crippen LogP contribution in [0.2, 0.25) is 0 Å². The van der Waals surface area contributed by atoms with Gasteiger partial charge in [0.25, 0.3) is 5.91 Å². The molecule has 0 aromatic heterocycles. The van der Waals surface area contributed by atoms with Gasteiger partial charge in [-0.05, 0) is 43.6 Å². The molecular weight excluding hydrogens is 342 g/mol. The summed E-state index contributed by atoms with van der Waals surface area (Å²) in [5.74, 6) is -0.411. The fourth-order valence-corrected chi connectivity index (χ4v) is 4.17. The number of unbranched alkanes of at least 4 members (excludes halogenated alkanes) is 1. The predicted molar refractivity (Wildman–Crippen MR) is 103 cm³/mol. The third kappa shape index (κ3) is 4.31. The van der Waals surface area contributed by atoms with Gasteiger partial charge in [0.15, 0.2) is 0 Å². The van der Waals surface area contributed by atoms with E-state index in [1.807, 2.05) is 25.1 Å². The Morgan fingerprint density at radius 1 is 1.22 bits per heavy atom. The molecule has 0 radical (unpaired) electrons. The van der Waals surface area contributed by atoms with Crippen molar-refractivity contribution in [2.75, 3.05) is 13.1 Å². The van der Waals surface area contributed by atoms with Gasteiger partial charge in [-0.1, -0.05) is 50.1 Å². The highest BCUT2D eigenvalue weighted by Gasteiger charge is 2.55. The summed E-state index contributed by atoms with van der Waals surface area (Å²) >= 11 is 0. The first-order chi connectivity index (χ1) is 13.0. The van der Waals surface area contributed by atoms with E-state index in [9.17, 15) is 14.4 Å². The number of carbonyl (C=O) groups excluding carboxylic acids is 3. The van der Waals surface area contributed by atoms with Crippen molar-refractivity contribution in [3.8, 4) is 0 Å². The molecule has 6 heteroatoms. The molecule has 1 aliphatic heterocycles. The molecular formula is C21H29N3O3. The molecule has 0 unspecified atom stereocenters. The zero-order valence-corrected chi connectivity index (χ0v) is 16.0. The Morgan fingerprint density at radius 2 is 2.00 bits per heavy atom. The maximum Gasteiger partial charge on any atom is 0.325 e. The average molecular weight is 371 g/mol. The first kappa shape index (κ1) is 19.4. The van der Waals surface area contributed by atoms with E-state index in [-0.39, 0.29) is 24.3 Å². The van der Waals surface area contributed by atoms with Crippen molar-refractivity contribution in [3.63, 3.8) is 0 Å². The molecule has 4 amide bonds. The summed E-state index contributed by atoms with van der Waals surface area (Å²) < 4.78 is 0. The summed E-state index contributed by atoms with van der Waals surface area (Å²) in [4.78, 5) is 38.4. The standard InChI is InChI=1S/C21H29N3O3/c1-16-9-5-7-13-21(16)19(26)24(20(27)23-21)15-18(25)22-14-8-6-12-17-10-3-2-4-11-17/h2-4,10-11,16H,5-9,12-15H2,1H3,(H,22,25)(H,23,27)/t16-,21-/m1/s1. The molecule has 6 nitrogen and oxygen atoms in total. The van der Waals surface area contributed by atoms with Crippen LogP contribution in [-0.2, 0) is 16.0 Å². The third-order valence-electron chi connectivity index (χ3n) is 5.86. The van der Waals surface area contributed by atoms with Gasteiger partial charge in [-0.3, -0.25) is 14.5 Å². The Bertz CT molecular complexity index is 691. The zero-order chi connectivity index (χ0) is 19.3. The fraction of sp³-hybridized carbons (Fsp3) is 0.571. The second-order valence-electron chi connectivity index (χ2n) is 7.73. The molecule has 27 heavy (non-hydrogen) atoms. The van der Waals surface area contributed by atoms with Gasteiger partial charge < -0.3 is 10.6 Å². The van der Waals surface area contributed by atoms with E-state index >= 15 is 0 Å². The predicted octanol–water partition coefficient (Wildman–Crippen LogP) is 2.63. The van der Waals surface area contributed by atoms with E-state index in [0.29, 0.717) is 13.0 Å². The van der Waals surface area contributed by atoms with Crippen LogP contribution in [0.25, 0.3) is 0 Å². The SMILES string of the molecule is C[C@@H]1CCCC[C@@]12NC(=O)N(CC(=O)NCCCCc1ccccc1)C2=O. The van der Waals surface area contributed by atoms with Crippen LogP contribution in [0.4, 0.5) is 4.79 Å². The minimum absolute atomic E-state index is 0.105. The van der Waals surface area contributed by atoms with Crippen LogP contribution in [0.1, 0.15) is 51.0 Å². The van der Waals surface area contributed by atoms with E-state index in [1.54, 1.807) is 0 Å². The van der Waals surface area contributed by atoms with Crippen molar-refractivity contribution in [1.29, 1.82) is 0 Å². The van der Waals surface area contributed by atoms with Crippen LogP contribution >= 0.6 is 0 Å². The molecule has 2 fully saturated rings. The van der Waals surface area contributed by atoms with Crippen molar-refractivity contribution < 1.29 is 14.4 Å². The lowest BCUT2D eigenvalue weighted by Crippen LogP contribution is -2.54. The summed E-state index contributed by atoms with van der Waals surface area (Å²) in [5.41, 5.74) is 0.487. The summed E-state index contributed by atoms with van der Waals surface area (Å²) in [7, 11) is 0. The molecule has 2 atom stereocenters. The van der Waals surface area contributed by atoms with Crippen LogP contribution < -0.4 is 10.6 Å². The molecule has 2 N–H and O–H groups in total. The number of amides is 4. The monoisotopic (exact) mass is 371 g/mol. The van der Waals surface area contributed by atoms with Crippen molar-refractivity contribution in [1.82, 2.24) is 15.5 Å². The normalized spacial score (nSPS) is 24.9. The molecule has 1 aromatic carbocycles. The first-order valence-corrected chi connectivity index (χ1v) is 9.97. The molecule has 2 aliphatic rings. The van der Waals surface area contributed by atoms with E-state index in [1.165, 1.54) is 5.56 Å². The minimum Gasteiger partial charge on any atom is -0.355 e. The summed E-state index contributed by atoms with van der Waals surface area (Å²) in [6, 6.07) is 9.80. The molecule has 146 valence electrons. The van der Waals surface area contributed by atoms with Crippen LogP contribution in [-0.4, -0.2) is 41.4 Å². The quantitative estimate of drug-likeness (QED) is 0.571. The zero-order valence-electron chi connectivity index (χ0n) is 16.0. The maximum atomic E-state index is 12.8. The fourth-order valence-electron chi connectivity index (χ4n) is 4.17. The van der Waals surface area contributed by atoms with E-state index in [2.05, 4.69) is 22.8 Å². The number of aryl methyl sites for hydroxylation is 1. The molecule has 1 aliphatic carbocycles. The highest BCUT2D eigenvalue weighted by Crippen LogP contribution is 2.38. The Morgan fingerprint density at radius 3 is 2.74 bits per heavy atom. The highest BCUT2D eigenvalue weighted by atomic mass is 16.2. The smallest absolute Gasteiger partial charge is 0.325 e. The van der Waals surface area contributed by atoms with Gasteiger partial charge in [-0.25, -0.2) is 4.79 Å². The maximum absolute atomic E-state index is 12.8. The van der Waals surface area contributed by atoms with E-state index < -0.39 is 11.6 Å². The third-order valence-corrected chi connectivity index (χ3v) is 5.86. The lowest BCUT2D eigenvalue weighted by atomic mass is 9.73. The van der Waals surface area contributed by atoms with Crippen LogP contribution in [0.5, 0.6) is 0 Å². The Balaban J connectivity index is 1.42. The lowest BCUT2D eigenvalue weighted by Gasteiger charge is -2.36. The Kier molecular flexibility index (Phi) is 6.14. The van der Waals surface area contributed by atoms with E-state index in [4.69, 9.17) is 0 Å². The number of carbonyl (C=O) groups is 3. The highest BCUT2D eigenvalue weighted by molar-refractivity contribution is 6.09. The summed E-state index contributed by atoms with van der Waals surface area (Å²) in [5, 5.41) is 5.70.